The first-order valence-electron chi connectivity index (χ1n) is 6.99. The SMILES string of the molecule is Cn1cnc2c(=O)n(-c3ccc(Cl)cc3)c(C(C)(C)C)nc21. The first-order valence-corrected chi connectivity index (χ1v) is 7.37. The lowest BCUT2D eigenvalue weighted by Gasteiger charge is -2.23. The van der Waals surface area contributed by atoms with Gasteiger partial charge >= 0.3 is 0 Å². The van der Waals surface area contributed by atoms with Gasteiger partial charge in [0.1, 0.15) is 5.82 Å². The van der Waals surface area contributed by atoms with Crippen molar-refractivity contribution < 1.29 is 0 Å². The average Bonchev–Trinajstić information content (AvgIpc) is 2.81. The molecule has 0 saturated carbocycles. The van der Waals surface area contributed by atoms with E-state index >= 15 is 0 Å². The van der Waals surface area contributed by atoms with Gasteiger partial charge in [0, 0.05) is 17.5 Å². The van der Waals surface area contributed by atoms with Gasteiger partial charge in [-0.1, -0.05) is 32.4 Å². The molecule has 0 aliphatic rings. The molecule has 0 atom stereocenters. The van der Waals surface area contributed by atoms with Crippen molar-refractivity contribution >= 4 is 22.8 Å². The van der Waals surface area contributed by atoms with Gasteiger partial charge in [-0.3, -0.25) is 9.36 Å². The third-order valence-electron chi connectivity index (χ3n) is 3.49. The number of rotatable bonds is 1. The van der Waals surface area contributed by atoms with Crippen LogP contribution < -0.4 is 5.56 Å². The largest absolute Gasteiger partial charge is 0.318 e. The minimum Gasteiger partial charge on any atom is -0.318 e. The molecule has 1 aromatic carbocycles. The summed E-state index contributed by atoms with van der Waals surface area (Å²) in [6.45, 7) is 6.09. The van der Waals surface area contributed by atoms with Gasteiger partial charge in [-0.05, 0) is 24.3 Å². The van der Waals surface area contributed by atoms with Crippen LogP contribution in [0.4, 0.5) is 0 Å². The fourth-order valence-electron chi connectivity index (χ4n) is 2.39. The number of benzene rings is 1. The van der Waals surface area contributed by atoms with E-state index in [-0.39, 0.29) is 11.0 Å². The minimum absolute atomic E-state index is 0.169. The van der Waals surface area contributed by atoms with E-state index in [4.69, 9.17) is 16.6 Å². The highest BCUT2D eigenvalue weighted by Crippen LogP contribution is 2.24. The molecule has 0 amide bonds. The second kappa shape index (κ2) is 4.95. The smallest absolute Gasteiger partial charge is 0.286 e. The van der Waals surface area contributed by atoms with Crippen LogP contribution in [0, 0.1) is 0 Å². The van der Waals surface area contributed by atoms with Gasteiger partial charge in [-0.25, -0.2) is 9.97 Å². The van der Waals surface area contributed by atoms with Crippen molar-refractivity contribution in [2.75, 3.05) is 0 Å². The summed E-state index contributed by atoms with van der Waals surface area (Å²) in [4.78, 5) is 21.8. The van der Waals surface area contributed by atoms with Crippen LogP contribution in [0.5, 0.6) is 0 Å². The predicted octanol–water partition coefficient (Wildman–Crippen LogP) is 3.07. The number of aryl methyl sites for hydroxylation is 1. The summed E-state index contributed by atoms with van der Waals surface area (Å²) in [6, 6.07) is 7.15. The maximum atomic E-state index is 12.9. The van der Waals surface area contributed by atoms with E-state index in [9.17, 15) is 4.79 Å². The van der Waals surface area contributed by atoms with Gasteiger partial charge in [-0.2, -0.15) is 0 Å². The predicted molar refractivity (Wildman–Crippen MR) is 87.8 cm³/mol. The number of aromatic nitrogens is 4. The Kier molecular flexibility index (Phi) is 3.33. The molecule has 0 aliphatic heterocycles. The molecule has 0 radical (unpaired) electrons. The molecule has 6 heteroatoms. The van der Waals surface area contributed by atoms with Crippen molar-refractivity contribution in [1.82, 2.24) is 19.1 Å². The van der Waals surface area contributed by atoms with Crippen molar-refractivity contribution in [3.8, 4) is 5.69 Å². The van der Waals surface area contributed by atoms with E-state index in [1.54, 1.807) is 27.6 Å². The van der Waals surface area contributed by atoms with Crippen molar-refractivity contribution in [2.24, 2.45) is 7.05 Å². The molecule has 114 valence electrons. The van der Waals surface area contributed by atoms with E-state index in [1.165, 1.54) is 0 Å². The Morgan fingerprint density at radius 2 is 1.77 bits per heavy atom. The lowest BCUT2D eigenvalue weighted by molar-refractivity contribution is 0.525. The summed E-state index contributed by atoms with van der Waals surface area (Å²) in [6.07, 6.45) is 1.61. The molecular weight excluding hydrogens is 300 g/mol. The first-order chi connectivity index (χ1) is 10.3. The van der Waals surface area contributed by atoms with Gasteiger partial charge in [0.15, 0.2) is 11.2 Å². The second-order valence-electron chi connectivity index (χ2n) is 6.33. The molecule has 0 spiro atoms. The van der Waals surface area contributed by atoms with Crippen molar-refractivity contribution in [3.05, 3.63) is 51.8 Å². The fourth-order valence-corrected chi connectivity index (χ4v) is 2.52. The molecule has 0 saturated heterocycles. The number of hydrogen-bond donors (Lipinski definition) is 0. The van der Waals surface area contributed by atoms with E-state index < -0.39 is 0 Å². The Hall–Kier alpha value is -2.14. The van der Waals surface area contributed by atoms with E-state index in [0.29, 0.717) is 22.0 Å². The van der Waals surface area contributed by atoms with Crippen LogP contribution in [0.1, 0.15) is 26.6 Å². The second-order valence-corrected chi connectivity index (χ2v) is 6.77. The molecule has 3 aromatic rings. The third kappa shape index (κ3) is 2.31. The summed E-state index contributed by atoms with van der Waals surface area (Å²) >= 11 is 5.95. The first kappa shape index (κ1) is 14.8. The molecule has 2 heterocycles. The van der Waals surface area contributed by atoms with Gasteiger partial charge in [-0.15, -0.1) is 0 Å². The number of imidazole rings is 1. The van der Waals surface area contributed by atoms with Gasteiger partial charge in [0.25, 0.3) is 5.56 Å². The van der Waals surface area contributed by atoms with Gasteiger partial charge < -0.3 is 4.57 Å². The van der Waals surface area contributed by atoms with E-state index in [1.807, 2.05) is 40.0 Å². The summed E-state index contributed by atoms with van der Waals surface area (Å²) < 4.78 is 3.38. The zero-order valence-corrected chi connectivity index (χ0v) is 13.7. The molecule has 0 aliphatic carbocycles. The van der Waals surface area contributed by atoms with Crippen molar-refractivity contribution in [2.45, 2.75) is 26.2 Å². The Morgan fingerprint density at radius 3 is 2.36 bits per heavy atom. The summed E-state index contributed by atoms with van der Waals surface area (Å²) in [5, 5.41) is 0.626. The molecule has 0 fully saturated rings. The molecule has 2 aromatic heterocycles. The molecule has 5 nitrogen and oxygen atoms in total. The molecule has 0 N–H and O–H groups in total. The van der Waals surface area contributed by atoms with Crippen LogP contribution >= 0.6 is 11.6 Å². The lowest BCUT2D eigenvalue weighted by atomic mass is 9.95. The Bertz CT molecular complexity index is 901. The Morgan fingerprint density at radius 1 is 1.14 bits per heavy atom. The summed E-state index contributed by atoms with van der Waals surface area (Å²) in [5.41, 5.74) is 1.24. The molecule has 0 bridgehead atoms. The highest BCUT2D eigenvalue weighted by atomic mass is 35.5. The molecular formula is C16H17ClN4O. The maximum Gasteiger partial charge on any atom is 0.286 e. The Labute approximate surface area is 133 Å². The van der Waals surface area contributed by atoms with Crippen LogP contribution in [0.2, 0.25) is 5.02 Å². The highest BCUT2D eigenvalue weighted by Gasteiger charge is 2.24. The molecule has 3 rings (SSSR count). The average molecular weight is 317 g/mol. The minimum atomic E-state index is -0.294. The van der Waals surface area contributed by atoms with Crippen LogP contribution in [-0.4, -0.2) is 19.1 Å². The Balaban J connectivity index is 2.43. The van der Waals surface area contributed by atoms with Crippen molar-refractivity contribution in [3.63, 3.8) is 0 Å². The molecule has 22 heavy (non-hydrogen) atoms. The van der Waals surface area contributed by atoms with Gasteiger partial charge in [0.05, 0.1) is 12.0 Å². The maximum absolute atomic E-state index is 12.9. The number of halogens is 1. The third-order valence-corrected chi connectivity index (χ3v) is 3.74. The van der Waals surface area contributed by atoms with E-state index in [2.05, 4.69) is 4.98 Å². The van der Waals surface area contributed by atoms with Crippen LogP contribution in [-0.2, 0) is 12.5 Å². The highest BCUT2D eigenvalue weighted by molar-refractivity contribution is 6.30. The van der Waals surface area contributed by atoms with Crippen LogP contribution in [0.25, 0.3) is 16.9 Å². The van der Waals surface area contributed by atoms with E-state index in [0.717, 1.165) is 5.69 Å². The quantitative estimate of drug-likeness (QED) is 0.693. The zero-order chi connectivity index (χ0) is 16.1. The van der Waals surface area contributed by atoms with Crippen LogP contribution in [0.15, 0.2) is 35.4 Å². The normalized spacial score (nSPS) is 12.0. The van der Waals surface area contributed by atoms with Gasteiger partial charge in [0.2, 0.25) is 0 Å². The number of fused-ring (bicyclic) bond motifs is 1. The lowest BCUT2D eigenvalue weighted by Crippen LogP contribution is -2.30. The van der Waals surface area contributed by atoms with Crippen molar-refractivity contribution in [1.29, 1.82) is 0 Å². The monoisotopic (exact) mass is 316 g/mol. The zero-order valence-electron chi connectivity index (χ0n) is 13.0. The summed E-state index contributed by atoms with van der Waals surface area (Å²) in [7, 11) is 1.83. The number of nitrogens with zero attached hydrogens (tertiary/aromatic N) is 4. The standard InChI is InChI=1S/C16H17ClN4O/c1-16(2,3)15-19-13-12(18-9-20(13)4)14(22)21(15)11-7-5-10(17)6-8-11/h5-9H,1-4H3. The summed E-state index contributed by atoms with van der Waals surface area (Å²) in [5.74, 6) is 0.691. The topological polar surface area (TPSA) is 52.7 Å². The fraction of sp³-hybridized carbons (Fsp3) is 0.312. The van der Waals surface area contributed by atoms with Crippen LogP contribution in [0.3, 0.4) is 0 Å². The number of hydrogen-bond acceptors (Lipinski definition) is 3. The molecule has 0 unspecified atom stereocenters.